The molecule has 30 heavy (non-hydrogen) atoms. The van der Waals surface area contributed by atoms with Gasteiger partial charge in [0, 0.05) is 38.9 Å². The molecule has 7 heteroatoms. The van der Waals surface area contributed by atoms with Crippen LogP contribution in [0.3, 0.4) is 0 Å². The maximum absolute atomic E-state index is 13.2. The first-order valence-corrected chi connectivity index (χ1v) is 11.0. The summed E-state index contributed by atoms with van der Waals surface area (Å²) in [6, 6.07) is 14.6. The van der Waals surface area contributed by atoms with Crippen molar-refractivity contribution < 1.29 is 4.79 Å². The fourth-order valence-corrected chi connectivity index (χ4v) is 4.74. The van der Waals surface area contributed by atoms with Crippen molar-refractivity contribution in [3.8, 4) is 10.6 Å². The monoisotopic (exact) mass is 417 g/mol. The van der Waals surface area contributed by atoms with Crippen LogP contribution in [-0.4, -0.2) is 56.5 Å². The Labute approximate surface area is 179 Å². The summed E-state index contributed by atoms with van der Waals surface area (Å²) in [4.78, 5) is 23.1. The van der Waals surface area contributed by atoms with Gasteiger partial charge in [-0.05, 0) is 30.0 Å². The number of piperazine rings is 1. The van der Waals surface area contributed by atoms with Crippen molar-refractivity contribution in [3.05, 3.63) is 76.9 Å². The molecular formula is C23H23N5OS. The zero-order valence-corrected chi connectivity index (χ0v) is 17.7. The van der Waals surface area contributed by atoms with Crippen LogP contribution in [0.5, 0.6) is 0 Å². The highest BCUT2D eigenvalue weighted by atomic mass is 32.1. The van der Waals surface area contributed by atoms with Gasteiger partial charge in [0.15, 0.2) is 5.65 Å². The molecule has 3 aromatic heterocycles. The molecule has 1 aliphatic heterocycles. The van der Waals surface area contributed by atoms with Crippen LogP contribution in [0.15, 0.2) is 60.2 Å². The van der Waals surface area contributed by atoms with E-state index in [4.69, 9.17) is 0 Å². The van der Waals surface area contributed by atoms with Crippen LogP contribution in [0.1, 0.15) is 21.5 Å². The van der Waals surface area contributed by atoms with Crippen molar-refractivity contribution in [2.24, 2.45) is 0 Å². The van der Waals surface area contributed by atoms with E-state index in [1.54, 1.807) is 28.2 Å². The van der Waals surface area contributed by atoms with E-state index in [-0.39, 0.29) is 5.91 Å². The number of amides is 1. The second-order valence-corrected chi connectivity index (χ2v) is 8.61. The third-order valence-electron chi connectivity index (χ3n) is 5.55. The van der Waals surface area contributed by atoms with Gasteiger partial charge < -0.3 is 4.90 Å². The molecule has 4 aromatic rings. The second kappa shape index (κ2) is 8.01. The quantitative estimate of drug-likeness (QED) is 0.508. The van der Waals surface area contributed by atoms with Crippen LogP contribution in [0, 0.1) is 6.92 Å². The first kappa shape index (κ1) is 19.0. The zero-order chi connectivity index (χ0) is 20.5. The van der Waals surface area contributed by atoms with E-state index >= 15 is 0 Å². The molecule has 1 fully saturated rings. The van der Waals surface area contributed by atoms with Gasteiger partial charge in [-0.2, -0.15) is 5.10 Å². The van der Waals surface area contributed by atoms with Gasteiger partial charge in [0.05, 0.1) is 16.8 Å². The van der Waals surface area contributed by atoms with Gasteiger partial charge in [0.25, 0.3) is 5.91 Å². The summed E-state index contributed by atoms with van der Waals surface area (Å²) in [7, 11) is 0. The standard InChI is InChI=1S/C23H23N5OS/c1-17-4-2-5-18(14-17)16-26-9-11-27(12-10-26)23(29)19-15-25-28-20(7-8-24-22(19)28)21-6-3-13-30-21/h2-8,13-15H,9-12,16H2,1H3. The summed E-state index contributed by atoms with van der Waals surface area (Å²) in [5.74, 6) is 0.0102. The van der Waals surface area contributed by atoms with Gasteiger partial charge in [-0.25, -0.2) is 9.50 Å². The highest BCUT2D eigenvalue weighted by Crippen LogP contribution is 2.25. The van der Waals surface area contributed by atoms with E-state index in [1.165, 1.54) is 11.1 Å². The molecule has 0 atom stereocenters. The van der Waals surface area contributed by atoms with E-state index in [0.717, 1.165) is 30.2 Å². The lowest BCUT2D eigenvalue weighted by Crippen LogP contribution is -2.48. The summed E-state index contributed by atoms with van der Waals surface area (Å²) in [6.45, 7) is 6.21. The molecule has 152 valence electrons. The number of nitrogens with zero attached hydrogens (tertiary/aromatic N) is 5. The van der Waals surface area contributed by atoms with Crippen molar-refractivity contribution in [1.29, 1.82) is 0 Å². The number of fused-ring (bicyclic) bond motifs is 1. The number of carbonyl (C=O) groups excluding carboxylic acids is 1. The lowest BCUT2D eigenvalue weighted by atomic mass is 10.1. The number of rotatable bonds is 4. The van der Waals surface area contributed by atoms with Gasteiger partial charge >= 0.3 is 0 Å². The van der Waals surface area contributed by atoms with E-state index in [0.29, 0.717) is 24.3 Å². The predicted molar refractivity (Wildman–Crippen MR) is 119 cm³/mol. The summed E-state index contributed by atoms with van der Waals surface area (Å²) in [6.07, 6.45) is 3.41. The van der Waals surface area contributed by atoms with Gasteiger partial charge in [-0.1, -0.05) is 35.9 Å². The maximum Gasteiger partial charge on any atom is 0.259 e. The Morgan fingerprint density at radius 3 is 2.73 bits per heavy atom. The van der Waals surface area contributed by atoms with Crippen LogP contribution in [0.25, 0.3) is 16.2 Å². The Balaban J connectivity index is 1.30. The Morgan fingerprint density at radius 1 is 1.10 bits per heavy atom. The topological polar surface area (TPSA) is 53.7 Å². The average molecular weight is 418 g/mol. The molecule has 0 radical (unpaired) electrons. The molecule has 1 amide bonds. The van der Waals surface area contributed by atoms with Crippen LogP contribution in [-0.2, 0) is 6.54 Å². The van der Waals surface area contributed by atoms with Crippen LogP contribution in [0.4, 0.5) is 0 Å². The summed E-state index contributed by atoms with van der Waals surface area (Å²) >= 11 is 1.65. The third kappa shape index (κ3) is 3.62. The van der Waals surface area contributed by atoms with E-state index in [1.807, 2.05) is 22.4 Å². The summed E-state index contributed by atoms with van der Waals surface area (Å²) in [5, 5.41) is 6.51. The Morgan fingerprint density at radius 2 is 1.97 bits per heavy atom. The van der Waals surface area contributed by atoms with Crippen molar-refractivity contribution in [1.82, 2.24) is 24.4 Å². The minimum absolute atomic E-state index is 0.0102. The first-order chi connectivity index (χ1) is 14.7. The fraction of sp³-hybridized carbons (Fsp3) is 0.261. The molecule has 1 aliphatic rings. The predicted octanol–water partition coefficient (Wildman–Crippen LogP) is 3.72. The third-order valence-corrected chi connectivity index (χ3v) is 6.45. The smallest absolute Gasteiger partial charge is 0.259 e. The first-order valence-electron chi connectivity index (χ1n) is 10.1. The van der Waals surface area contributed by atoms with E-state index in [9.17, 15) is 4.79 Å². The number of benzene rings is 1. The Kier molecular flexibility index (Phi) is 5.06. The number of aromatic nitrogens is 3. The van der Waals surface area contributed by atoms with Gasteiger partial charge in [-0.3, -0.25) is 9.69 Å². The molecular weight excluding hydrogens is 394 g/mol. The number of carbonyl (C=O) groups is 1. The largest absolute Gasteiger partial charge is 0.336 e. The van der Waals surface area contributed by atoms with Crippen molar-refractivity contribution in [3.63, 3.8) is 0 Å². The molecule has 0 saturated carbocycles. The SMILES string of the molecule is Cc1cccc(CN2CCN(C(=O)c3cnn4c(-c5cccs5)ccnc34)CC2)c1. The van der Waals surface area contributed by atoms with Crippen molar-refractivity contribution in [2.45, 2.75) is 13.5 Å². The van der Waals surface area contributed by atoms with E-state index in [2.05, 4.69) is 52.2 Å². The van der Waals surface area contributed by atoms with Crippen LogP contribution < -0.4 is 0 Å². The number of thiophene rings is 1. The fourth-order valence-electron chi connectivity index (χ4n) is 4.00. The highest BCUT2D eigenvalue weighted by Gasteiger charge is 2.25. The molecule has 0 aliphatic carbocycles. The normalized spacial score (nSPS) is 15.0. The molecule has 0 spiro atoms. The molecule has 4 heterocycles. The molecule has 1 saturated heterocycles. The van der Waals surface area contributed by atoms with Gasteiger partial charge in [0.1, 0.15) is 5.56 Å². The molecule has 0 bridgehead atoms. The summed E-state index contributed by atoms with van der Waals surface area (Å²) < 4.78 is 1.77. The molecule has 1 aromatic carbocycles. The van der Waals surface area contributed by atoms with Crippen LogP contribution >= 0.6 is 11.3 Å². The minimum atomic E-state index is 0.0102. The van der Waals surface area contributed by atoms with E-state index < -0.39 is 0 Å². The second-order valence-electron chi connectivity index (χ2n) is 7.66. The van der Waals surface area contributed by atoms with Gasteiger partial charge in [0.2, 0.25) is 0 Å². The number of hydrogen-bond acceptors (Lipinski definition) is 5. The lowest BCUT2D eigenvalue weighted by Gasteiger charge is -2.34. The highest BCUT2D eigenvalue weighted by molar-refractivity contribution is 7.13. The van der Waals surface area contributed by atoms with Crippen LogP contribution in [0.2, 0.25) is 0 Å². The molecule has 0 unspecified atom stereocenters. The Hall–Kier alpha value is -3.03. The van der Waals surface area contributed by atoms with Crippen molar-refractivity contribution >= 4 is 22.9 Å². The number of hydrogen-bond donors (Lipinski definition) is 0. The molecule has 0 N–H and O–H groups in total. The number of aryl methyl sites for hydroxylation is 1. The molecule has 5 rings (SSSR count). The average Bonchev–Trinajstić information content (AvgIpc) is 3.44. The molecule has 6 nitrogen and oxygen atoms in total. The Bertz CT molecular complexity index is 1180. The minimum Gasteiger partial charge on any atom is -0.336 e. The maximum atomic E-state index is 13.2. The summed E-state index contributed by atoms with van der Waals surface area (Å²) in [5.41, 5.74) is 4.75. The lowest BCUT2D eigenvalue weighted by molar-refractivity contribution is 0.0630. The van der Waals surface area contributed by atoms with Crippen molar-refractivity contribution in [2.75, 3.05) is 26.2 Å². The van der Waals surface area contributed by atoms with Gasteiger partial charge in [-0.15, -0.1) is 11.3 Å². The zero-order valence-electron chi connectivity index (χ0n) is 16.9.